The Morgan fingerprint density at radius 1 is 1.50 bits per heavy atom. The minimum absolute atomic E-state index is 0.0770. The number of carbonyl (C=O) groups is 1. The molecule has 0 aromatic carbocycles. The van der Waals surface area contributed by atoms with E-state index >= 15 is 0 Å². The number of rotatable bonds is 7. The number of aromatic nitrogens is 1. The summed E-state index contributed by atoms with van der Waals surface area (Å²) < 4.78 is 0.497. The molecule has 0 fully saturated rings. The fraction of sp³-hybridized carbons (Fsp3) is 0.571. The number of hydrogen-bond donors (Lipinski definition) is 2. The molecular weight excluding hydrogens is 244 g/mol. The lowest BCUT2D eigenvalue weighted by Crippen LogP contribution is -2.29. The van der Waals surface area contributed by atoms with Crippen LogP contribution in [0.5, 0.6) is 0 Å². The number of pyridine rings is 1. The molecule has 1 aromatic rings. The van der Waals surface area contributed by atoms with Crippen molar-refractivity contribution in [1.82, 2.24) is 10.3 Å². The normalized spacial score (nSPS) is 12.1. The van der Waals surface area contributed by atoms with Crippen LogP contribution in [-0.2, 0) is 0 Å². The highest BCUT2D eigenvalue weighted by atomic mass is 32.1. The van der Waals surface area contributed by atoms with Gasteiger partial charge in [-0.05, 0) is 24.5 Å². The second-order valence-electron chi connectivity index (χ2n) is 4.54. The van der Waals surface area contributed by atoms with E-state index < -0.39 is 0 Å². The van der Waals surface area contributed by atoms with Crippen molar-refractivity contribution in [2.75, 3.05) is 6.54 Å². The maximum Gasteiger partial charge on any atom is 0.254 e. The second-order valence-corrected chi connectivity index (χ2v) is 4.95. The molecule has 0 spiro atoms. The predicted molar refractivity (Wildman–Crippen MR) is 77.3 cm³/mol. The van der Waals surface area contributed by atoms with Crippen molar-refractivity contribution in [1.29, 1.82) is 0 Å². The molecule has 18 heavy (non-hydrogen) atoms. The van der Waals surface area contributed by atoms with E-state index in [9.17, 15) is 4.79 Å². The van der Waals surface area contributed by atoms with Gasteiger partial charge in [0, 0.05) is 12.7 Å². The molecule has 0 saturated carbocycles. The summed E-state index contributed by atoms with van der Waals surface area (Å²) >= 11 is 5.09. The zero-order valence-electron chi connectivity index (χ0n) is 11.2. The summed E-state index contributed by atoms with van der Waals surface area (Å²) in [6.07, 6.45) is 6.43. The number of carbonyl (C=O) groups excluding carboxylic acids is 1. The van der Waals surface area contributed by atoms with Gasteiger partial charge in [0.25, 0.3) is 5.91 Å². The fourth-order valence-corrected chi connectivity index (χ4v) is 2.10. The Kier molecular flexibility index (Phi) is 6.65. The summed E-state index contributed by atoms with van der Waals surface area (Å²) in [6, 6.07) is 3.54. The van der Waals surface area contributed by atoms with Crippen molar-refractivity contribution in [3.8, 4) is 0 Å². The monoisotopic (exact) mass is 266 g/mol. The molecule has 3 nitrogen and oxygen atoms in total. The first-order valence-corrected chi connectivity index (χ1v) is 7.05. The molecular formula is C14H22N2OS. The number of aromatic amines is 1. The van der Waals surface area contributed by atoms with Crippen LogP contribution < -0.4 is 5.32 Å². The molecule has 0 unspecified atom stereocenters. The maximum atomic E-state index is 12.0. The molecule has 0 bridgehead atoms. The Labute approximate surface area is 114 Å². The van der Waals surface area contributed by atoms with Crippen LogP contribution in [0.3, 0.4) is 0 Å². The smallest absolute Gasteiger partial charge is 0.254 e. The summed E-state index contributed by atoms with van der Waals surface area (Å²) in [5.41, 5.74) is 0.554. The van der Waals surface area contributed by atoms with Crippen molar-refractivity contribution < 1.29 is 4.79 Å². The molecule has 1 atom stereocenters. The first-order chi connectivity index (χ1) is 8.69. The number of amides is 1. The van der Waals surface area contributed by atoms with E-state index in [0.29, 0.717) is 16.1 Å². The third-order valence-corrected chi connectivity index (χ3v) is 3.50. The van der Waals surface area contributed by atoms with Crippen LogP contribution in [0.25, 0.3) is 0 Å². The summed E-state index contributed by atoms with van der Waals surface area (Å²) in [5, 5.41) is 2.97. The standard InChI is InChI=1S/C14H22N2OS/c1-3-5-7-11(4-2)10-16-13(17)12-8-6-9-15-14(12)18/h6,8-9,11H,3-5,7,10H2,1-2H3,(H,15,18)(H,16,17)/t11-/m0/s1. The number of nitrogens with one attached hydrogen (secondary N) is 2. The van der Waals surface area contributed by atoms with E-state index in [1.54, 1.807) is 18.3 Å². The first-order valence-electron chi connectivity index (χ1n) is 6.64. The Bertz CT molecular complexity index is 428. The van der Waals surface area contributed by atoms with Gasteiger partial charge in [-0.25, -0.2) is 0 Å². The number of hydrogen-bond acceptors (Lipinski definition) is 2. The van der Waals surface area contributed by atoms with Crippen LogP contribution in [0.4, 0.5) is 0 Å². The fourth-order valence-electron chi connectivity index (χ4n) is 1.88. The Morgan fingerprint density at radius 2 is 2.28 bits per heavy atom. The third-order valence-electron chi connectivity index (χ3n) is 3.16. The van der Waals surface area contributed by atoms with Gasteiger partial charge in [-0.1, -0.05) is 45.3 Å². The van der Waals surface area contributed by atoms with Crippen molar-refractivity contribution in [2.24, 2.45) is 5.92 Å². The largest absolute Gasteiger partial charge is 0.352 e. The van der Waals surface area contributed by atoms with E-state index in [0.717, 1.165) is 13.0 Å². The lowest BCUT2D eigenvalue weighted by atomic mass is 9.99. The van der Waals surface area contributed by atoms with Gasteiger partial charge >= 0.3 is 0 Å². The molecule has 0 saturated heterocycles. The van der Waals surface area contributed by atoms with Crippen molar-refractivity contribution in [3.05, 3.63) is 28.5 Å². The Hall–Kier alpha value is -1.16. The Morgan fingerprint density at radius 3 is 2.89 bits per heavy atom. The van der Waals surface area contributed by atoms with Crippen molar-refractivity contribution in [2.45, 2.75) is 39.5 Å². The molecule has 1 amide bonds. The van der Waals surface area contributed by atoms with E-state index in [1.165, 1.54) is 19.3 Å². The average molecular weight is 266 g/mol. The van der Waals surface area contributed by atoms with Crippen LogP contribution in [0.2, 0.25) is 0 Å². The SMILES string of the molecule is CCCC[C@H](CC)CNC(=O)c1ccc[nH]c1=S. The molecule has 2 N–H and O–H groups in total. The first kappa shape index (κ1) is 14.9. The van der Waals surface area contributed by atoms with Gasteiger partial charge in [0.2, 0.25) is 0 Å². The summed E-state index contributed by atoms with van der Waals surface area (Å²) in [7, 11) is 0. The van der Waals surface area contributed by atoms with Gasteiger partial charge in [0.15, 0.2) is 0 Å². The topological polar surface area (TPSA) is 44.9 Å². The molecule has 0 aliphatic carbocycles. The molecule has 100 valence electrons. The van der Waals surface area contributed by atoms with Crippen LogP contribution in [0.15, 0.2) is 18.3 Å². The molecule has 0 aliphatic heterocycles. The maximum absolute atomic E-state index is 12.0. The minimum atomic E-state index is -0.0770. The highest BCUT2D eigenvalue weighted by Crippen LogP contribution is 2.11. The van der Waals surface area contributed by atoms with Gasteiger partial charge in [0.1, 0.15) is 4.64 Å². The van der Waals surface area contributed by atoms with E-state index in [1.807, 2.05) is 0 Å². The molecule has 1 aromatic heterocycles. The Balaban J connectivity index is 2.50. The molecule has 0 aliphatic rings. The van der Waals surface area contributed by atoms with Crippen LogP contribution in [-0.4, -0.2) is 17.4 Å². The average Bonchev–Trinajstić information content (AvgIpc) is 2.39. The van der Waals surface area contributed by atoms with Crippen LogP contribution in [0, 0.1) is 10.6 Å². The predicted octanol–water partition coefficient (Wildman–Crippen LogP) is 3.69. The molecule has 1 heterocycles. The lowest BCUT2D eigenvalue weighted by Gasteiger charge is -2.15. The van der Waals surface area contributed by atoms with Gasteiger partial charge < -0.3 is 10.3 Å². The van der Waals surface area contributed by atoms with Crippen LogP contribution >= 0.6 is 12.2 Å². The highest BCUT2D eigenvalue weighted by Gasteiger charge is 2.10. The molecule has 4 heteroatoms. The zero-order valence-corrected chi connectivity index (χ0v) is 12.0. The second kappa shape index (κ2) is 8.03. The third kappa shape index (κ3) is 4.61. The summed E-state index contributed by atoms with van der Waals surface area (Å²) in [6.45, 7) is 5.09. The van der Waals surface area contributed by atoms with Gasteiger partial charge in [0.05, 0.1) is 5.56 Å². The molecule has 1 rings (SSSR count). The van der Waals surface area contributed by atoms with Crippen LogP contribution in [0.1, 0.15) is 49.9 Å². The van der Waals surface area contributed by atoms with Crippen molar-refractivity contribution >= 4 is 18.1 Å². The van der Waals surface area contributed by atoms with E-state index in [2.05, 4.69) is 24.1 Å². The quantitative estimate of drug-likeness (QED) is 0.739. The van der Waals surface area contributed by atoms with Gasteiger partial charge in [-0.2, -0.15) is 0 Å². The molecule has 0 radical (unpaired) electrons. The summed E-state index contributed by atoms with van der Waals surface area (Å²) in [5.74, 6) is 0.488. The zero-order chi connectivity index (χ0) is 13.4. The van der Waals surface area contributed by atoms with E-state index in [-0.39, 0.29) is 5.91 Å². The van der Waals surface area contributed by atoms with E-state index in [4.69, 9.17) is 12.2 Å². The highest BCUT2D eigenvalue weighted by molar-refractivity contribution is 7.71. The summed E-state index contributed by atoms with van der Waals surface area (Å²) in [4.78, 5) is 14.8. The van der Waals surface area contributed by atoms with Crippen molar-refractivity contribution in [3.63, 3.8) is 0 Å². The lowest BCUT2D eigenvalue weighted by molar-refractivity contribution is 0.0945. The van der Waals surface area contributed by atoms with Gasteiger partial charge in [-0.3, -0.25) is 4.79 Å². The number of unbranched alkanes of at least 4 members (excludes halogenated alkanes) is 1. The minimum Gasteiger partial charge on any atom is -0.352 e. The van der Waals surface area contributed by atoms with Gasteiger partial charge in [-0.15, -0.1) is 0 Å². The number of H-pyrrole nitrogens is 1.